The predicted octanol–water partition coefficient (Wildman–Crippen LogP) is 3.18. The number of hydrogen-bond donors (Lipinski definition) is 0. The van der Waals surface area contributed by atoms with Gasteiger partial charge in [0.15, 0.2) is 5.78 Å². The molecule has 5 heteroatoms. The number of carbonyl (C=O) groups is 1. The Morgan fingerprint density at radius 2 is 1.82 bits per heavy atom. The average molecular weight is 296 g/mol. The molecule has 0 bridgehead atoms. The number of hydrogen-bond acceptors (Lipinski definition) is 4. The second-order valence-electron chi connectivity index (χ2n) is 4.98. The molecule has 0 N–H and O–H groups in total. The summed E-state index contributed by atoms with van der Waals surface area (Å²) in [5.41, 5.74) is 2.60. The van der Waals surface area contributed by atoms with Crippen LogP contribution in [0.1, 0.15) is 27.0 Å². The lowest BCUT2D eigenvalue weighted by Gasteiger charge is -2.06. The highest BCUT2D eigenvalue weighted by atomic mass is 16.6. The number of nitro benzene ring substituents is 1. The maximum Gasteiger partial charge on any atom is 0.262 e. The van der Waals surface area contributed by atoms with Crippen molar-refractivity contribution in [2.75, 3.05) is 0 Å². The quantitative estimate of drug-likeness (QED) is 0.375. The van der Waals surface area contributed by atoms with E-state index in [4.69, 9.17) is 0 Å². The topological polar surface area (TPSA) is 83.3 Å². The van der Waals surface area contributed by atoms with Gasteiger partial charge in [0.2, 0.25) is 0 Å². The molecular weight excluding hydrogens is 282 g/mol. The molecule has 2 rings (SSSR count). The fourth-order valence-corrected chi connectivity index (χ4v) is 1.94. The molecule has 5 nitrogen and oxygen atoms in total. The zero-order valence-electron chi connectivity index (χ0n) is 12.2. The van der Waals surface area contributed by atoms with Crippen LogP contribution in [0.15, 0.2) is 42.5 Å². The van der Waals surface area contributed by atoms with Crippen LogP contribution in [0, 0.1) is 24.0 Å². The minimum Gasteiger partial charge on any atom is -0.868 e. The molecule has 0 aromatic heterocycles. The smallest absolute Gasteiger partial charge is 0.262 e. The Morgan fingerprint density at radius 1 is 1.09 bits per heavy atom. The zero-order chi connectivity index (χ0) is 16.3. The highest BCUT2D eigenvalue weighted by Gasteiger charge is 2.07. The van der Waals surface area contributed by atoms with E-state index in [0.29, 0.717) is 11.1 Å². The third-order valence-electron chi connectivity index (χ3n) is 3.40. The van der Waals surface area contributed by atoms with Crippen molar-refractivity contribution >= 4 is 17.5 Å². The number of rotatable bonds is 4. The SMILES string of the molecule is Cc1ccc(C(=O)/C=C/c2ccc([O-])c([N+](=O)[O-])c2)cc1C. The van der Waals surface area contributed by atoms with Crippen molar-refractivity contribution < 1.29 is 14.8 Å². The summed E-state index contributed by atoms with van der Waals surface area (Å²) in [5, 5.41) is 22.0. The minimum atomic E-state index is -0.731. The van der Waals surface area contributed by atoms with Gasteiger partial charge in [0.05, 0.1) is 4.92 Å². The Bertz CT molecular complexity index is 778. The minimum absolute atomic E-state index is 0.197. The fourth-order valence-electron chi connectivity index (χ4n) is 1.94. The Kier molecular flexibility index (Phi) is 4.36. The van der Waals surface area contributed by atoms with Crippen LogP contribution in [0.25, 0.3) is 6.08 Å². The Hall–Kier alpha value is -2.95. The number of ketones is 1. The largest absolute Gasteiger partial charge is 0.868 e. The maximum absolute atomic E-state index is 12.1. The summed E-state index contributed by atoms with van der Waals surface area (Å²) >= 11 is 0. The van der Waals surface area contributed by atoms with Gasteiger partial charge in [-0.1, -0.05) is 30.3 Å². The van der Waals surface area contributed by atoms with E-state index in [1.54, 1.807) is 12.1 Å². The summed E-state index contributed by atoms with van der Waals surface area (Å²) in [6.07, 6.45) is 2.80. The molecule has 0 unspecified atom stereocenters. The molecule has 0 heterocycles. The summed E-state index contributed by atoms with van der Waals surface area (Å²) in [5.74, 6) is -0.848. The highest BCUT2D eigenvalue weighted by molar-refractivity contribution is 6.07. The summed E-state index contributed by atoms with van der Waals surface area (Å²) in [7, 11) is 0. The van der Waals surface area contributed by atoms with E-state index in [1.165, 1.54) is 18.2 Å². The number of nitrogens with zero attached hydrogens (tertiary/aromatic N) is 1. The van der Waals surface area contributed by atoms with Crippen molar-refractivity contribution in [1.29, 1.82) is 0 Å². The molecule has 0 fully saturated rings. The first-order valence-electron chi connectivity index (χ1n) is 6.63. The van der Waals surface area contributed by atoms with E-state index >= 15 is 0 Å². The number of carbonyl (C=O) groups excluding carboxylic acids is 1. The van der Waals surface area contributed by atoms with Gasteiger partial charge < -0.3 is 5.11 Å². The van der Waals surface area contributed by atoms with E-state index in [2.05, 4.69) is 0 Å². The van der Waals surface area contributed by atoms with Gasteiger partial charge in [0, 0.05) is 11.6 Å². The maximum atomic E-state index is 12.1. The van der Waals surface area contributed by atoms with Crippen molar-refractivity contribution in [2.45, 2.75) is 13.8 Å². The molecular formula is C17H14NO4-. The summed E-state index contributed by atoms with van der Waals surface area (Å²) in [6.45, 7) is 3.88. The van der Waals surface area contributed by atoms with Crippen LogP contribution < -0.4 is 5.11 Å². The lowest BCUT2D eigenvalue weighted by atomic mass is 10.0. The molecule has 0 aliphatic carbocycles. The number of aryl methyl sites for hydroxylation is 2. The van der Waals surface area contributed by atoms with Crippen LogP contribution in [-0.4, -0.2) is 10.7 Å². The zero-order valence-corrected chi connectivity index (χ0v) is 12.2. The van der Waals surface area contributed by atoms with Crippen LogP contribution in [0.5, 0.6) is 5.75 Å². The van der Waals surface area contributed by atoms with Gasteiger partial charge in [-0.25, -0.2) is 0 Å². The summed E-state index contributed by atoms with van der Waals surface area (Å²) in [6, 6.07) is 9.13. The van der Waals surface area contributed by atoms with Crippen molar-refractivity contribution in [3.05, 3.63) is 74.8 Å². The molecule has 0 spiro atoms. The molecule has 0 saturated heterocycles. The van der Waals surface area contributed by atoms with Gasteiger partial charge in [-0.2, -0.15) is 0 Å². The first kappa shape index (κ1) is 15.4. The first-order valence-corrected chi connectivity index (χ1v) is 6.63. The normalized spacial score (nSPS) is 10.8. The predicted molar refractivity (Wildman–Crippen MR) is 81.8 cm³/mol. The lowest BCUT2D eigenvalue weighted by Crippen LogP contribution is -1.98. The number of benzene rings is 2. The Balaban J connectivity index is 2.24. The molecule has 0 saturated carbocycles. The average Bonchev–Trinajstić information content (AvgIpc) is 2.48. The molecule has 22 heavy (non-hydrogen) atoms. The molecule has 0 aliphatic rings. The van der Waals surface area contributed by atoms with E-state index < -0.39 is 16.4 Å². The van der Waals surface area contributed by atoms with Crippen LogP contribution >= 0.6 is 0 Å². The molecule has 0 aliphatic heterocycles. The number of allylic oxidation sites excluding steroid dienone is 1. The first-order chi connectivity index (χ1) is 10.4. The van der Waals surface area contributed by atoms with Crippen molar-refractivity contribution in [3.8, 4) is 5.75 Å². The van der Waals surface area contributed by atoms with Gasteiger partial charge in [-0.05, 0) is 48.4 Å². The van der Waals surface area contributed by atoms with E-state index in [0.717, 1.165) is 23.3 Å². The second kappa shape index (κ2) is 6.22. The fraction of sp³-hybridized carbons (Fsp3) is 0.118. The van der Waals surface area contributed by atoms with Crippen LogP contribution in [0.4, 0.5) is 5.69 Å². The van der Waals surface area contributed by atoms with Gasteiger partial charge in [-0.3, -0.25) is 14.9 Å². The van der Waals surface area contributed by atoms with E-state index in [-0.39, 0.29) is 5.78 Å². The van der Waals surface area contributed by atoms with E-state index in [9.17, 15) is 20.0 Å². The van der Waals surface area contributed by atoms with Gasteiger partial charge in [0.1, 0.15) is 0 Å². The molecule has 112 valence electrons. The monoisotopic (exact) mass is 296 g/mol. The third kappa shape index (κ3) is 3.38. The lowest BCUT2D eigenvalue weighted by molar-refractivity contribution is -0.398. The highest BCUT2D eigenvalue weighted by Crippen LogP contribution is 2.24. The number of nitro groups is 1. The Labute approximate surface area is 127 Å². The molecule has 0 radical (unpaired) electrons. The summed E-state index contributed by atoms with van der Waals surface area (Å²) < 4.78 is 0. The van der Waals surface area contributed by atoms with Crippen molar-refractivity contribution in [3.63, 3.8) is 0 Å². The van der Waals surface area contributed by atoms with Crippen molar-refractivity contribution in [1.82, 2.24) is 0 Å². The third-order valence-corrected chi connectivity index (χ3v) is 3.40. The molecule has 0 atom stereocenters. The second-order valence-corrected chi connectivity index (χ2v) is 4.98. The molecule has 2 aromatic rings. The van der Waals surface area contributed by atoms with Crippen molar-refractivity contribution in [2.24, 2.45) is 0 Å². The van der Waals surface area contributed by atoms with Gasteiger partial charge in [0.25, 0.3) is 5.69 Å². The van der Waals surface area contributed by atoms with E-state index in [1.807, 2.05) is 19.9 Å². The molecule has 2 aromatic carbocycles. The Morgan fingerprint density at radius 3 is 2.45 bits per heavy atom. The van der Waals surface area contributed by atoms with Gasteiger partial charge >= 0.3 is 0 Å². The molecule has 0 amide bonds. The van der Waals surface area contributed by atoms with Crippen LogP contribution in [0.3, 0.4) is 0 Å². The standard InChI is InChI=1S/C17H15NO4/c1-11-3-6-14(9-12(11)2)16(19)7-4-13-5-8-17(20)15(10-13)18(21)22/h3-10,20H,1-2H3/p-1/b7-4+. The van der Waals surface area contributed by atoms with Gasteiger partial charge in [-0.15, -0.1) is 0 Å². The summed E-state index contributed by atoms with van der Waals surface area (Å²) in [4.78, 5) is 22.1. The van der Waals surface area contributed by atoms with Crippen LogP contribution in [0.2, 0.25) is 0 Å². The van der Waals surface area contributed by atoms with Crippen LogP contribution in [-0.2, 0) is 0 Å².